The fraction of sp³-hybridized carbons (Fsp3) is 0.348. The Hall–Kier alpha value is -2.61. The van der Waals surface area contributed by atoms with Gasteiger partial charge in [0.05, 0.1) is 24.6 Å². The van der Waals surface area contributed by atoms with Gasteiger partial charge in [0.1, 0.15) is 11.3 Å². The minimum absolute atomic E-state index is 0.206. The number of hydrogen-bond donors (Lipinski definition) is 1. The summed E-state index contributed by atoms with van der Waals surface area (Å²) < 4.78 is 5.42. The molecule has 6 rings (SSSR count). The van der Waals surface area contributed by atoms with Gasteiger partial charge in [0, 0.05) is 27.3 Å². The van der Waals surface area contributed by atoms with Gasteiger partial charge in [-0.3, -0.25) is 19.3 Å². The summed E-state index contributed by atoms with van der Waals surface area (Å²) in [5.74, 6) is -2.15. The number of fused-ring (bicyclic) bond motifs is 7. The number of amides is 3. The molecule has 0 aromatic heterocycles. The molecule has 2 aromatic carbocycles. The molecule has 0 radical (unpaired) electrons. The Morgan fingerprint density at radius 3 is 2.59 bits per heavy atom. The zero-order chi connectivity index (χ0) is 22.4. The Morgan fingerprint density at radius 1 is 1.06 bits per heavy atom. The molecule has 3 amide bonds. The average molecular weight is 472 g/mol. The number of nitrogens with one attached hydrogen (secondary N) is 1. The average Bonchev–Trinajstić information content (AvgIpc) is 3.46. The molecule has 4 heterocycles. The van der Waals surface area contributed by atoms with E-state index < -0.39 is 23.3 Å². The molecule has 0 aliphatic carbocycles. The summed E-state index contributed by atoms with van der Waals surface area (Å²) >= 11 is 12.5. The third kappa shape index (κ3) is 2.28. The van der Waals surface area contributed by atoms with E-state index in [1.807, 2.05) is 0 Å². The number of benzene rings is 2. The van der Waals surface area contributed by atoms with E-state index >= 15 is 0 Å². The van der Waals surface area contributed by atoms with Crippen molar-refractivity contribution in [1.82, 2.24) is 4.90 Å². The first-order valence-electron chi connectivity index (χ1n) is 10.5. The highest BCUT2D eigenvalue weighted by molar-refractivity contribution is 6.32. The quantitative estimate of drug-likeness (QED) is 0.678. The molecule has 3 fully saturated rings. The highest BCUT2D eigenvalue weighted by Crippen LogP contribution is 2.61. The molecule has 4 atom stereocenters. The van der Waals surface area contributed by atoms with Gasteiger partial charge in [-0.15, -0.1) is 0 Å². The van der Waals surface area contributed by atoms with Crippen molar-refractivity contribution < 1.29 is 19.1 Å². The van der Waals surface area contributed by atoms with Crippen LogP contribution in [0.4, 0.5) is 11.4 Å². The molecule has 2 aromatic rings. The van der Waals surface area contributed by atoms with E-state index in [0.717, 1.165) is 17.7 Å². The van der Waals surface area contributed by atoms with Crippen molar-refractivity contribution in [3.8, 4) is 5.75 Å². The molecule has 3 saturated heterocycles. The molecule has 4 unspecified atom stereocenters. The topological polar surface area (TPSA) is 79.0 Å². The summed E-state index contributed by atoms with van der Waals surface area (Å²) in [4.78, 5) is 44.6. The molecule has 1 spiro atoms. The summed E-state index contributed by atoms with van der Waals surface area (Å²) in [5.41, 5.74) is 0.327. The number of methoxy groups -OCH3 is 1. The zero-order valence-electron chi connectivity index (χ0n) is 17.1. The van der Waals surface area contributed by atoms with Crippen LogP contribution >= 0.6 is 23.2 Å². The second-order valence-corrected chi connectivity index (χ2v) is 9.52. The monoisotopic (exact) mass is 471 g/mol. The fourth-order valence-corrected chi connectivity index (χ4v) is 6.59. The number of anilines is 2. The van der Waals surface area contributed by atoms with Gasteiger partial charge in [0.15, 0.2) is 0 Å². The van der Waals surface area contributed by atoms with Crippen molar-refractivity contribution in [1.29, 1.82) is 0 Å². The molecular formula is C23H19Cl2N3O4. The van der Waals surface area contributed by atoms with Gasteiger partial charge in [-0.1, -0.05) is 23.2 Å². The summed E-state index contributed by atoms with van der Waals surface area (Å²) in [6, 6.07) is 9.81. The third-order valence-corrected chi connectivity index (χ3v) is 7.81. The van der Waals surface area contributed by atoms with Gasteiger partial charge in [-0.2, -0.15) is 0 Å². The first-order valence-corrected chi connectivity index (χ1v) is 11.2. The molecule has 1 N–H and O–H groups in total. The lowest BCUT2D eigenvalue weighted by atomic mass is 9.75. The standard InChI is InChI=1S/C23H19Cl2N3O4/c1-32-17-7-5-12(25)10-16(17)28-20(29)18-15-3-2-8-27(15)23(19(18)21(28)30)13-9-11(24)4-6-14(13)26-22(23)31/h4-7,9-10,15,18-19H,2-3,8H2,1H3,(H,26,31). The van der Waals surface area contributed by atoms with E-state index in [1.54, 1.807) is 36.4 Å². The predicted octanol–water partition coefficient (Wildman–Crippen LogP) is 3.43. The fourth-order valence-electron chi connectivity index (χ4n) is 6.25. The van der Waals surface area contributed by atoms with Crippen LogP contribution < -0.4 is 15.0 Å². The van der Waals surface area contributed by atoms with Crippen LogP contribution in [0.5, 0.6) is 5.75 Å². The Labute approximate surface area is 194 Å². The Bertz CT molecular complexity index is 1220. The summed E-state index contributed by atoms with van der Waals surface area (Å²) in [7, 11) is 1.47. The number of carbonyl (C=O) groups excluding carboxylic acids is 3. The Balaban J connectivity index is 1.57. The molecule has 9 heteroatoms. The lowest BCUT2D eigenvalue weighted by Crippen LogP contribution is -2.54. The number of ether oxygens (including phenoxy) is 1. The molecule has 0 bridgehead atoms. The maximum atomic E-state index is 14.0. The molecule has 0 saturated carbocycles. The molecule has 164 valence electrons. The smallest absolute Gasteiger partial charge is 0.250 e. The number of halogens is 2. The van der Waals surface area contributed by atoms with Crippen LogP contribution in [-0.2, 0) is 19.9 Å². The van der Waals surface area contributed by atoms with Crippen LogP contribution in [0.2, 0.25) is 10.0 Å². The van der Waals surface area contributed by atoms with Crippen LogP contribution in [0.15, 0.2) is 36.4 Å². The highest BCUT2D eigenvalue weighted by Gasteiger charge is 2.74. The van der Waals surface area contributed by atoms with Gasteiger partial charge in [-0.25, -0.2) is 4.90 Å². The van der Waals surface area contributed by atoms with E-state index in [4.69, 9.17) is 27.9 Å². The molecule has 32 heavy (non-hydrogen) atoms. The number of carbonyl (C=O) groups is 3. The first kappa shape index (κ1) is 20.0. The predicted molar refractivity (Wildman–Crippen MR) is 119 cm³/mol. The minimum atomic E-state index is -1.26. The van der Waals surface area contributed by atoms with E-state index in [2.05, 4.69) is 10.2 Å². The van der Waals surface area contributed by atoms with Crippen molar-refractivity contribution in [2.75, 3.05) is 23.9 Å². The van der Waals surface area contributed by atoms with E-state index in [9.17, 15) is 14.4 Å². The molecule has 4 aliphatic rings. The summed E-state index contributed by atoms with van der Waals surface area (Å²) in [6.45, 7) is 0.637. The largest absolute Gasteiger partial charge is 0.495 e. The third-order valence-electron chi connectivity index (χ3n) is 7.34. The van der Waals surface area contributed by atoms with Crippen molar-refractivity contribution in [3.05, 3.63) is 52.0 Å². The second kappa shape index (κ2) is 6.70. The lowest BCUT2D eigenvalue weighted by molar-refractivity contribution is -0.135. The van der Waals surface area contributed by atoms with Crippen molar-refractivity contribution in [2.45, 2.75) is 24.4 Å². The minimum Gasteiger partial charge on any atom is -0.495 e. The van der Waals surface area contributed by atoms with Crippen LogP contribution in [0.3, 0.4) is 0 Å². The molecule has 7 nitrogen and oxygen atoms in total. The van der Waals surface area contributed by atoms with Gasteiger partial charge < -0.3 is 10.1 Å². The van der Waals surface area contributed by atoms with Gasteiger partial charge in [-0.05, 0) is 55.8 Å². The number of nitrogens with zero attached hydrogens (tertiary/aromatic N) is 2. The van der Waals surface area contributed by atoms with E-state index in [-0.39, 0.29) is 17.9 Å². The molecule has 4 aliphatic heterocycles. The van der Waals surface area contributed by atoms with Crippen LogP contribution in [-0.4, -0.2) is 42.3 Å². The Morgan fingerprint density at radius 2 is 1.81 bits per heavy atom. The first-order chi connectivity index (χ1) is 15.4. The van der Waals surface area contributed by atoms with Crippen LogP contribution in [0.1, 0.15) is 18.4 Å². The number of hydrogen-bond acceptors (Lipinski definition) is 5. The van der Waals surface area contributed by atoms with Gasteiger partial charge in [0.2, 0.25) is 17.7 Å². The van der Waals surface area contributed by atoms with E-state index in [1.165, 1.54) is 7.11 Å². The van der Waals surface area contributed by atoms with Gasteiger partial charge >= 0.3 is 0 Å². The normalized spacial score (nSPS) is 30.7. The van der Waals surface area contributed by atoms with E-state index in [0.29, 0.717) is 39.3 Å². The summed E-state index contributed by atoms with van der Waals surface area (Å²) in [5, 5.41) is 3.79. The number of imide groups is 1. The van der Waals surface area contributed by atoms with Crippen molar-refractivity contribution in [3.63, 3.8) is 0 Å². The molecular weight excluding hydrogens is 453 g/mol. The van der Waals surface area contributed by atoms with Crippen LogP contribution in [0, 0.1) is 11.8 Å². The second-order valence-electron chi connectivity index (χ2n) is 8.64. The zero-order valence-corrected chi connectivity index (χ0v) is 18.6. The van der Waals surface area contributed by atoms with Crippen molar-refractivity contribution >= 4 is 52.3 Å². The van der Waals surface area contributed by atoms with Gasteiger partial charge in [0.25, 0.3) is 0 Å². The summed E-state index contributed by atoms with van der Waals surface area (Å²) in [6.07, 6.45) is 1.59. The number of rotatable bonds is 2. The SMILES string of the molecule is COc1ccc(Cl)cc1N1C(=O)C2C3CCCN3C3(C(=O)Nc4ccc(Cl)cc43)C2C1=O. The highest BCUT2D eigenvalue weighted by atomic mass is 35.5. The van der Waals surface area contributed by atoms with Crippen molar-refractivity contribution in [2.24, 2.45) is 11.8 Å². The lowest BCUT2D eigenvalue weighted by Gasteiger charge is -2.36. The van der Waals surface area contributed by atoms with Crippen LogP contribution in [0.25, 0.3) is 0 Å². The Kier molecular flexibility index (Phi) is 4.19. The maximum absolute atomic E-state index is 14.0. The maximum Gasteiger partial charge on any atom is 0.250 e.